The van der Waals surface area contributed by atoms with Crippen molar-refractivity contribution in [3.8, 4) is 0 Å². The highest BCUT2D eigenvalue weighted by molar-refractivity contribution is 5.79. The predicted molar refractivity (Wildman–Crippen MR) is 99.6 cm³/mol. The fourth-order valence-corrected chi connectivity index (χ4v) is 4.12. The van der Waals surface area contributed by atoms with E-state index in [2.05, 4.69) is 0 Å². The van der Waals surface area contributed by atoms with Gasteiger partial charge in [0.2, 0.25) is 5.91 Å². The van der Waals surface area contributed by atoms with E-state index < -0.39 is 22.4 Å². The molecular weight excluding hydrogens is 391 g/mol. The molecule has 2 fully saturated rings. The van der Waals surface area contributed by atoms with Crippen LogP contribution < -0.4 is 4.90 Å². The lowest BCUT2D eigenvalue weighted by atomic mass is 9.93. The number of hydrogen-bond donors (Lipinski definition) is 0. The highest BCUT2D eigenvalue weighted by atomic mass is 19.4. The summed E-state index contributed by atoms with van der Waals surface area (Å²) in [6.07, 6.45) is -3.91. The number of amides is 1. The molecule has 0 N–H and O–H groups in total. The van der Waals surface area contributed by atoms with Gasteiger partial charge in [0, 0.05) is 49.9 Å². The molecule has 2 heterocycles. The standard InChI is InChI=1S/C19H24F3N3O4/c1-12-10-24(11-13(2)29-12)18(26)14-5-7-23(8-6-14)17-4-3-15(25(27)28)9-16(17)19(20,21)22/h3-4,9,12-14H,5-8,10-11H2,1-2H3. The summed E-state index contributed by atoms with van der Waals surface area (Å²) in [4.78, 5) is 26.2. The Morgan fingerprint density at radius 3 is 2.28 bits per heavy atom. The average molecular weight is 415 g/mol. The molecule has 1 amide bonds. The maximum Gasteiger partial charge on any atom is 0.418 e. The number of nitrogens with zero attached hydrogens (tertiary/aromatic N) is 3. The Labute approximate surface area is 166 Å². The molecular formula is C19H24F3N3O4. The van der Waals surface area contributed by atoms with Gasteiger partial charge in [-0.05, 0) is 32.8 Å². The first-order chi connectivity index (χ1) is 13.6. The second-order valence-corrected chi connectivity index (χ2v) is 7.72. The van der Waals surface area contributed by atoms with E-state index in [1.54, 1.807) is 9.80 Å². The van der Waals surface area contributed by atoms with Crippen LogP contribution in [0.1, 0.15) is 32.3 Å². The molecule has 29 heavy (non-hydrogen) atoms. The fraction of sp³-hybridized carbons (Fsp3) is 0.632. The third-order valence-corrected chi connectivity index (χ3v) is 5.41. The number of non-ortho nitro benzene ring substituents is 1. The molecule has 10 heteroatoms. The number of morpholine rings is 1. The monoisotopic (exact) mass is 415 g/mol. The van der Waals surface area contributed by atoms with Crippen LogP contribution in [0.25, 0.3) is 0 Å². The van der Waals surface area contributed by atoms with Crippen molar-refractivity contribution >= 4 is 17.3 Å². The van der Waals surface area contributed by atoms with E-state index in [0.29, 0.717) is 32.0 Å². The summed E-state index contributed by atoms with van der Waals surface area (Å²) in [5, 5.41) is 10.9. The van der Waals surface area contributed by atoms with Crippen LogP contribution in [-0.4, -0.2) is 54.1 Å². The topological polar surface area (TPSA) is 75.9 Å². The molecule has 3 rings (SSSR count). The number of piperidine rings is 1. The average Bonchev–Trinajstić information content (AvgIpc) is 2.65. The first kappa shape index (κ1) is 21.4. The molecule has 0 radical (unpaired) electrons. The third kappa shape index (κ3) is 4.80. The van der Waals surface area contributed by atoms with Crippen molar-refractivity contribution in [3.05, 3.63) is 33.9 Å². The van der Waals surface area contributed by atoms with Gasteiger partial charge in [0.25, 0.3) is 5.69 Å². The first-order valence-corrected chi connectivity index (χ1v) is 9.61. The number of carbonyl (C=O) groups is 1. The van der Waals surface area contributed by atoms with Gasteiger partial charge in [-0.1, -0.05) is 0 Å². The van der Waals surface area contributed by atoms with Crippen molar-refractivity contribution in [2.45, 2.75) is 45.1 Å². The van der Waals surface area contributed by atoms with E-state index in [0.717, 1.165) is 12.1 Å². The van der Waals surface area contributed by atoms with Gasteiger partial charge in [0.1, 0.15) is 0 Å². The van der Waals surface area contributed by atoms with Gasteiger partial charge in [0.15, 0.2) is 0 Å². The summed E-state index contributed by atoms with van der Waals surface area (Å²) in [7, 11) is 0. The van der Waals surface area contributed by atoms with Crippen LogP contribution in [0, 0.1) is 16.0 Å². The second-order valence-electron chi connectivity index (χ2n) is 7.72. The van der Waals surface area contributed by atoms with Crippen molar-refractivity contribution in [1.29, 1.82) is 0 Å². The van der Waals surface area contributed by atoms with Crippen molar-refractivity contribution in [3.63, 3.8) is 0 Å². The number of carbonyl (C=O) groups excluding carboxylic acids is 1. The number of alkyl halides is 3. The zero-order valence-corrected chi connectivity index (χ0v) is 16.3. The van der Waals surface area contributed by atoms with E-state index in [1.807, 2.05) is 13.8 Å². The Morgan fingerprint density at radius 1 is 1.17 bits per heavy atom. The fourth-order valence-electron chi connectivity index (χ4n) is 4.12. The predicted octanol–water partition coefficient (Wildman–Crippen LogP) is 3.47. The number of rotatable bonds is 3. The summed E-state index contributed by atoms with van der Waals surface area (Å²) >= 11 is 0. The minimum absolute atomic E-state index is 0.0198. The molecule has 1 aromatic rings. The Hall–Kier alpha value is -2.36. The molecule has 0 aliphatic carbocycles. The zero-order valence-electron chi connectivity index (χ0n) is 16.3. The van der Waals surface area contributed by atoms with Crippen LogP contribution in [0.2, 0.25) is 0 Å². The first-order valence-electron chi connectivity index (χ1n) is 9.61. The minimum Gasteiger partial charge on any atom is -0.372 e. The maximum absolute atomic E-state index is 13.4. The smallest absolute Gasteiger partial charge is 0.372 e. The van der Waals surface area contributed by atoms with Gasteiger partial charge in [-0.25, -0.2) is 0 Å². The van der Waals surface area contributed by atoms with E-state index in [1.165, 1.54) is 0 Å². The molecule has 0 saturated carbocycles. The zero-order chi connectivity index (χ0) is 21.3. The quantitative estimate of drug-likeness (QED) is 0.558. The van der Waals surface area contributed by atoms with Gasteiger partial charge in [-0.15, -0.1) is 0 Å². The van der Waals surface area contributed by atoms with E-state index >= 15 is 0 Å². The number of benzene rings is 1. The molecule has 0 spiro atoms. The summed E-state index contributed by atoms with van der Waals surface area (Å²) in [5.41, 5.74) is -1.70. The van der Waals surface area contributed by atoms with E-state index in [-0.39, 0.29) is 42.8 Å². The van der Waals surface area contributed by atoms with Crippen molar-refractivity contribution < 1.29 is 27.6 Å². The van der Waals surface area contributed by atoms with Gasteiger partial charge in [-0.3, -0.25) is 14.9 Å². The van der Waals surface area contributed by atoms with Crippen LogP contribution in [0.3, 0.4) is 0 Å². The Kier molecular flexibility index (Phi) is 6.02. The molecule has 7 nitrogen and oxygen atoms in total. The Morgan fingerprint density at radius 2 is 1.76 bits per heavy atom. The van der Waals surface area contributed by atoms with Crippen LogP contribution in [0.4, 0.5) is 24.5 Å². The molecule has 2 aliphatic heterocycles. The van der Waals surface area contributed by atoms with Gasteiger partial charge in [0.05, 0.1) is 22.7 Å². The Bertz CT molecular complexity index is 768. The number of ether oxygens (including phenoxy) is 1. The van der Waals surface area contributed by atoms with Crippen LogP contribution in [0.15, 0.2) is 18.2 Å². The minimum atomic E-state index is -4.70. The summed E-state index contributed by atoms with van der Waals surface area (Å²) in [6, 6.07) is 2.80. The van der Waals surface area contributed by atoms with Gasteiger partial charge < -0.3 is 14.5 Å². The lowest BCUT2D eigenvalue weighted by Crippen LogP contribution is -2.51. The number of nitro benzene ring substituents is 1. The summed E-state index contributed by atoms with van der Waals surface area (Å²) < 4.78 is 46.0. The maximum atomic E-state index is 13.4. The molecule has 2 unspecified atom stereocenters. The largest absolute Gasteiger partial charge is 0.418 e. The van der Waals surface area contributed by atoms with Crippen LogP contribution in [0.5, 0.6) is 0 Å². The lowest BCUT2D eigenvalue weighted by molar-refractivity contribution is -0.385. The van der Waals surface area contributed by atoms with Gasteiger partial charge in [-0.2, -0.15) is 13.2 Å². The van der Waals surface area contributed by atoms with Gasteiger partial charge >= 0.3 is 6.18 Å². The third-order valence-electron chi connectivity index (χ3n) is 5.41. The number of anilines is 1. The number of nitro groups is 1. The molecule has 160 valence electrons. The second kappa shape index (κ2) is 8.17. The number of hydrogen-bond acceptors (Lipinski definition) is 5. The van der Waals surface area contributed by atoms with Crippen molar-refractivity contribution in [2.75, 3.05) is 31.1 Å². The van der Waals surface area contributed by atoms with E-state index in [9.17, 15) is 28.1 Å². The summed E-state index contributed by atoms with van der Waals surface area (Å²) in [6.45, 7) is 5.42. The highest BCUT2D eigenvalue weighted by Gasteiger charge is 2.38. The molecule has 2 atom stereocenters. The van der Waals surface area contributed by atoms with Crippen LogP contribution in [-0.2, 0) is 15.7 Å². The molecule has 0 bridgehead atoms. The normalized spacial score (nSPS) is 23.9. The van der Waals surface area contributed by atoms with Crippen LogP contribution >= 0.6 is 0 Å². The molecule has 0 aromatic heterocycles. The highest BCUT2D eigenvalue weighted by Crippen LogP contribution is 2.40. The van der Waals surface area contributed by atoms with Crippen molar-refractivity contribution in [1.82, 2.24) is 4.90 Å². The van der Waals surface area contributed by atoms with E-state index in [4.69, 9.17) is 4.74 Å². The molecule has 2 aliphatic rings. The lowest BCUT2D eigenvalue weighted by Gasteiger charge is -2.40. The number of halogens is 3. The Balaban J connectivity index is 1.71. The molecule has 2 saturated heterocycles. The molecule has 1 aromatic carbocycles. The summed E-state index contributed by atoms with van der Waals surface area (Å²) in [5.74, 6) is -0.220. The van der Waals surface area contributed by atoms with Crippen molar-refractivity contribution in [2.24, 2.45) is 5.92 Å². The SMILES string of the molecule is CC1CN(C(=O)C2CCN(c3ccc([N+](=O)[O-])cc3C(F)(F)F)CC2)CC(C)O1.